The minimum atomic E-state index is -0.729. The standard InChI is InChI=1S/C9H10ClNO2/c10-8(9(12)11-13)6-7-4-2-1-3-5-7/h1-5,8,13H,6H2,(H,11,12). The molecule has 2 N–H and O–H groups in total. The molecule has 13 heavy (non-hydrogen) atoms. The van der Waals surface area contributed by atoms with E-state index in [-0.39, 0.29) is 0 Å². The van der Waals surface area contributed by atoms with Crippen molar-refractivity contribution in [2.75, 3.05) is 0 Å². The van der Waals surface area contributed by atoms with Crippen LogP contribution >= 0.6 is 11.6 Å². The summed E-state index contributed by atoms with van der Waals surface area (Å²) in [7, 11) is 0. The van der Waals surface area contributed by atoms with E-state index < -0.39 is 11.3 Å². The number of hydroxylamine groups is 1. The van der Waals surface area contributed by atoms with Crippen LogP contribution in [0.4, 0.5) is 0 Å². The minimum Gasteiger partial charge on any atom is -0.289 e. The van der Waals surface area contributed by atoms with E-state index in [9.17, 15) is 4.79 Å². The molecule has 0 heterocycles. The monoisotopic (exact) mass is 199 g/mol. The van der Waals surface area contributed by atoms with Crippen LogP contribution in [0.5, 0.6) is 0 Å². The van der Waals surface area contributed by atoms with Gasteiger partial charge >= 0.3 is 0 Å². The number of hydrogen-bond acceptors (Lipinski definition) is 2. The molecule has 0 saturated heterocycles. The first kappa shape index (κ1) is 10.0. The van der Waals surface area contributed by atoms with Crippen LogP contribution in [0.25, 0.3) is 0 Å². The first-order chi connectivity index (χ1) is 6.24. The SMILES string of the molecule is O=C(NO)C(Cl)Cc1ccccc1. The van der Waals surface area contributed by atoms with Gasteiger partial charge in [0.1, 0.15) is 5.38 Å². The van der Waals surface area contributed by atoms with Gasteiger partial charge in [-0.2, -0.15) is 0 Å². The van der Waals surface area contributed by atoms with Gasteiger partial charge in [-0.15, -0.1) is 11.6 Å². The van der Waals surface area contributed by atoms with Crippen molar-refractivity contribution in [2.24, 2.45) is 0 Å². The third-order valence-corrected chi connectivity index (χ3v) is 2.00. The van der Waals surface area contributed by atoms with Crippen LogP contribution in [-0.4, -0.2) is 16.5 Å². The summed E-state index contributed by atoms with van der Waals surface area (Å²) in [4.78, 5) is 10.8. The van der Waals surface area contributed by atoms with Gasteiger partial charge in [0.05, 0.1) is 0 Å². The Hall–Kier alpha value is -1.06. The van der Waals surface area contributed by atoms with Gasteiger partial charge in [-0.3, -0.25) is 10.0 Å². The summed E-state index contributed by atoms with van der Waals surface area (Å²) in [5.74, 6) is -0.578. The summed E-state index contributed by atoms with van der Waals surface area (Å²) in [5.41, 5.74) is 2.48. The van der Waals surface area contributed by atoms with E-state index in [2.05, 4.69) is 0 Å². The molecule has 4 heteroatoms. The number of alkyl halides is 1. The fourth-order valence-corrected chi connectivity index (χ4v) is 1.21. The molecule has 1 atom stereocenters. The smallest absolute Gasteiger partial charge is 0.261 e. The van der Waals surface area contributed by atoms with E-state index in [0.29, 0.717) is 6.42 Å². The van der Waals surface area contributed by atoms with Crippen molar-refractivity contribution in [3.63, 3.8) is 0 Å². The Morgan fingerprint density at radius 2 is 2.08 bits per heavy atom. The highest BCUT2D eigenvalue weighted by Gasteiger charge is 2.14. The van der Waals surface area contributed by atoms with Gasteiger partial charge in [-0.25, -0.2) is 5.48 Å². The largest absolute Gasteiger partial charge is 0.289 e. The lowest BCUT2D eigenvalue weighted by Gasteiger charge is -2.06. The molecular weight excluding hydrogens is 190 g/mol. The number of amides is 1. The predicted molar refractivity (Wildman–Crippen MR) is 49.7 cm³/mol. The zero-order valence-corrected chi connectivity index (χ0v) is 7.66. The summed E-state index contributed by atoms with van der Waals surface area (Å²) < 4.78 is 0. The van der Waals surface area contributed by atoms with Crippen molar-refractivity contribution in [2.45, 2.75) is 11.8 Å². The summed E-state index contributed by atoms with van der Waals surface area (Å²) in [5, 5.41) is 7.57. The lowest BCUT2D eigenvalue weighted by atomic mass is 10.1. The van der Waals surface area contributed by atoms with Crippen LogP contribution in [0.3, 0.4) is 0 Å². The highest BCUT2D eigenvalue weighted by Crippen LogP contribution is 2.07. The van der Waals surface area contributed by atoms with Gasteiger partial charge in [0.15, 0.2) is 0 Å². The van der Waals surface area contributed by atoms with Crippen molar-refractivity contribution in [3.8, 4) is 0 Å². The van der Waals surface area contributed by atoms with Gasteiger partial charge in [-0.05, 0) is 12.0 Å². The van der Waals surface area contributed by atoms with E-state index in [0.717, 1.165) is 5.56 Å². The zero-order chi connectivity index (χ0) is 9.68. The molecule has 0 bridgehead atoms. The Kier molecular flexibility index (Phi) is 3.73. The second-order valence-electron chi connectivity index (χ2n) is 2.63. The van der Waals surface area contributed by atoms with Crippen LogP contribution < -0.4 is 5.48 Å². The Morgan fingerprint density at radius 3 is 2.62 bits per heavy atom. The van der Waals surface area contributed by atoms with E-state index in [1.54, 1.807) is 0 Å². The molecule has 1 aromatic rings. The van der Waals surface area contributed by atoms with Crippen LogP contribution in [0.15, 0.2) is 30.3 Å². The highest BCUT2D eigenvalue weighted by molar-refractivity contribution is 6.30. The maximum Gasteiger partial charge on any atom is 0.261 e. The van der Waals surface area contributed by atoms with Gasteiger partial charge in [0.2, 0.25) is 0 Å². The fourth-order valence-electron chi connectivity index (χ4n) is 0.984. The molecule has 0 aliphatic rings. The van der Waals surface area contributed by atoms with Gasteiger partial charge in [0, 0.05) is 0 Å². The van der Waals surface area contributed by atoms with E-state index in [1.807, 2.05) is 30.3 Å². The maximum atomic E-state index is 10.8. The quantitative estimate of drug-likeness (QED) is 0.439. The minimum absolute atomic E-state index is 0.411. The van der Waals surface area contributed by atoms with Crippen molar-refractivity contribution >= 4 is 17.5 Å². The van der Waals surface area contributed by atoms with E-state index in [4.69, 9.17) is 16.8 Å². The normalized spacial score (nSPS) is 12.2. The van der Waals surface area contributed by atoms with Crippen molar-refractivity contribution < 1.29 is 10.0 Å². The second kappa shape index (κ2) is 4.84. The molecule has 70 valence electrons. The van der Waals surface area contributed by atoms with Crippen LogP contribution in [0.1, 0.15) is 5.56 Å². The third kappa shape index (κ3) is 3.05. The number of carbonyl (C=O) groups excluding carboxylic acids is 1. The predicted octanol–water partition coefficient (Wildman–Crippen LogP) is 1.34. The molecule has 3 nitrogen and oxygen atoms in total. The molecule has 0 fully saturated rings. The molecule has 1 rings (SSSR count). The Labute approximate surface area is 81.3 Å². The van der Waals surface area contributed by atoms with Gasteiger partial charge in [0.25, 0.3) is 5.91 Å². The molecule has 1 unspecified atom stereocenters. The Morgan fingerprint density at radius 1 is 1.46 bits per heavy atom. The lowest BCUT2D eigenvalue weighted by molar-refractivity contribution is -0.128. The average molecular weight is 200 g/mol. The number of rotatable bonds is 3. The first-order valence-electron chi connectivity index (χ1n) is 3.86. The van der Waals surface area contributed by atoms with Gasteiger partial charge < -0.3 is 0 Å². The number of benzene rings is 1. The van der Waals surface area contributed by atoms with Crippen LogP contribution in [-0.2, 0) is 11.2 Å². The number of halogens is 1. The number of carbonyl (C=O) groups is 1. The third-order valence-electron chi connectivity index (χ3n) is 1.65. The number of nitrogens with one attached hydrogen (secondary N) is 1. The summed E-state index contributed by atoms with van der Waals surface area (Å²) in [6.07, 6.45) is 0.411. The van der Waals surface area contributed by atoms with Crippen LogP contribution in [0, 0.1) is 0 Å². The van der Waals surface area contributed by atoms with Crippen LogP contribution in [0.2, 0.25) is 0 Å². The molecule has 0 aromatic heterocycles. The fraction of sp³-hybridized carbons (Fsp3) is 0.222. The molecular formula is C9H10ClNO2. The van der Waals surface area contributed by atoms with Crippen molar-refractivity contribution in [1.29, 1.82) is 0 Å². The maximum absolute atomic E-state index is 10.8. The topological polar surface area (TPSA) is 49.3 Å². The lowest BCUT2D eigenvalue weighted by Crippen LogP contribution is -2.29. The Bertz CT molecular complexity index is 276. The molecule has 1 amide bonds. The first-order valence-corrected chi connectivity index (χ1v) is 4.29. The summed E-state index contributed by atoms with van der Waals surface area (Å²) in [6.45, 7) is 0. The molecule has 0 aliphatic carbocycles. The Balaban J connectivity index is 2.55. The number of hydrogen-bond donors (Lipinski definition) is 2. The molecule has 0 aliphatic heterocycles. The second-order valence-corrected chi connectivity index (χ2v) is 3.16. The van der Waals surface area contributed by atoms with Crippen molar-refractivity contribution in [3.05, 3.63) is 35.9 Å². The van der Waals surface area contributed by atoms with Crippen molar-refractivity contribution in [1.82, 2.24) is 5.48 Å². The highest BCUT2D eigenvalue weighted by atomic mass is 35.5. The summed E-state index contributed by atoms with van der Waals surface area (Å²) >= 11 is 5.69. The summed E-state index contributed by atoms with van der Waals surface area (Å²) in [6, 6.07) is 9.38. The van der Waals surface area contributed by atoms with E-state index in [1.165, 1.54) is 5.48 Å². The molecule has 0 spiro atoms. The molecule has 1 aromatic carbocycles. The molecule has 0 radical (unpaired) electrons. The van der Waals surface area contributed by atoms with Gasteiger partial charge in [-0.1, -0.05) is 30.3 Å². The molecule has 0 saturated carbocycles. The average Bonchev–Trinajstić information content (AvgIpc) is 2.18. The van der Waals surface area contributed by atoms with E-state index >= 15 is 0 Å². The zero-order valence-electron chi connectivity index (χ0n) is 6.90.